The minimum Gasteiger partial charge on any atom is -0.354 e. The number of carbonyl (C=O) groups is 2. The topological polar surface area (TPSA) is 97.1 Å². The van der Waals surface area contributed by atoms with Gasteiger partial charge in [0.05, 0.1) is 0 Å². The molecule has 0 aliphatic rings. The monoisotopic (exact) mass is 374 g/mol. The van der Waals surface area contributed by atoms with Crippen LogP contribution in [-0.4, -0.2) is 23.3 Å². The van der Waals surface area contributed by atoms with Gasteiger partial charge in [0.2, 0.25) is 5.91 Å². The molecule has 2 amide bonds. The van der Waals surface area contributed by atoms with Gasteiger partial charge in [-0.3, -0.25) is 14.6 Å². The summed E-state index contributed by atoms with van der Waals surface area (Å²) >= 11 is 0. The Morgan fingerprint density at radius 1 is 0.929 bits per heavy atom. The summed E-state index contributed by atoms with van der Waals surface area (Å²) in [7, 11) is 0. The molecule has 4 N–H and O–H groups in total. The van der Waals surface area contributed by atoms with Crippen LogP contribution in [0.2, 0.25) is 0 Å². The first-order valence-electron chi connectivity index (χ1n) is 9.02. The molecule has 1 heterocycles. The molecule has 6 nitrogen and oxygen atoms in total. The van der Waals surface area contributed by atoms with Crippen molar-refractivity contribution in [3.8, 4) is 0 Å². The van der Waals surface area contributed by atoms with E-state index in [1.807, 2.05) is 30.3 Å². The third-order valence-electron chi connectivity index (χ3n) is 4.31. The SMILES string of the molecule is NC(C(=O)NCCc1ccccc1)c1ccc(C(=O)Nc2ccncc2)cc1. The Labute approximate surface area is 163 Å². The van der Waals surface area contributed by atoms with Crippen LogP contribution in [0.4, 0.5) is 5.69 Å². The molecule has 0 saturated carbocycles. The number of nitrogens with two attached hydrogens (primary N) is 1. The lowest BCUT2D eigenvalue weighted by molar-refractivity contribution is -0.122. The summed E-state index contributed by atoms with van der Waals surface area (Å²) in [4.78, 5) is 28.4. The fraction of sp³-hybridized carbons (Fsp3) is 0.136. The summed E-state index contributed by atoms with van der Waals surface area (Å²) < 4.78 is 0. The third kappa shape index (κ3) is 5.25. The number of anilines is 1. The standard InChI is InChI=1S/C22H22N4O2/c23-20(22(28)25-15-10-16-4-2-1-3-5-16)17-6-8-18(9-7-17)21(27)26-19-11-13-24-14-12-19/h1-9,11-14,20H,10,15,23H2,(H,25,28)(H,24,26,27). The fourth-order valence-electron chi connectivity index (χ4n) is 2.72. The van der Waals surface area contributed by atoms with Crippen molar-refractivity contribution in [2.24, 2.45) is 5.73 Å². The summed E-state index contributed by atoms with van der Waals surface area (Å²) in [5.74, 6) is -0.483. The maximum Gasteiger partial charge on any atom is 0.255 e. The number of rotatable bonds is 7. The van der Waals surface area contributed by atoms with Crippen LogP contribution in [-0.2, 0) is 11.2 Å². The Kier molecular flexibility index (Phi) is 6.49. The minimum atomic E-state index is -0.784. The zero-order valence-electron chi connectivity index (χ0n) is 15.3. The molecule has 0 spiro atoms. The van der Waals surface area contributed by atoms with Crippen LogP contribution in [0.3, 0.4) is 0 Å². The Morgan fingerprint density at radius 3 is 2.29 bits per heavy atom. The molecule has 0 aliphatic carbocycles. The van der Waals surface area contributed by atoms with Crippen LogP contribution in [0.25, 0.3) is 0 Å². The third-order valence-corrected chi connectivity index (χ3v) is 4.31. The number of nitrogens with one attached hydrogen (secondary N) is 2. The maximum atomic E-state index is 12.3. The van der Waals surface area contributed by atoms with Gasteiger partial charge < -0.3 is 16.4 Å². The normalized spacial score (nSPS) is 11.5. The highest BCUT2D eigenvalue weighted by Gasteiger charge is 2.16. The quantitative estimate of drug-likeness (QED) is 0.592. The van der Waals surface area contributed by atoms with Gasteiger partial charge in [-0.15, -0.1) is 0 Å². The molecule has 1 unspecified atom stereocenters. The summed E-state index contributed by atoms with van der Waals surface area (Å²) in [6, 6.07) is 19.3. The van der Waals surface area contributed by atoms with E-state index >= 15 is 0 Å². The van der Waals surface area contributed by atoms with Gasteiger partial charge in [0, 0.05) is 30.2 Å². The second kappa shape index (κ2) is 9.43. The number of pyridine rings is 1. The van der Waals surface area contributed by atoms with E-state index in [9.17, 15) is 9.59 Å². The number of hydrogen-bond acceptors (Lipinski definition) is 4. The molecule has 28 heavy (non-hydrogen) atoms. The lowest BCUT2D eigenvalue weighted by atomic mass is 10.0. The highest BCUT2D eigenvalue weighted by Crippen LogP contribution is 2.14. The van der Waals surface area contributed by atoms with Crippen LogP contribution >= 0.6 is 0 Å². The van der Waals surface area contributed by atoms with Crippen molar-refractivity contribution < 1.29 is 9.59 Å². The number of carbonyl (C=O) groups excluding carboxylic acids is 2. The molecule has 2 aromatic carbocycles. The van der Waals surface area contributed by atoms with Gasteiger partial charge in [-0.25, -0.2) is 0 Å². The Bertz CT molecular complexity index is 912. The van der Waals surface area contributed by atoms with Crippen molar-refractivity contribution in [3.05, 3.63) is 95.8 Å². The Balaban J connectivity index is 1.53. The highest BCUT2D eigenvalue weighted by molar-refractivity contribution is 6.04. The minimum absolute atomic E-state index is 0.237. The van der Waals surface area contributed by atoms with Crippen LogP contribution in [0.5, 0.6) is 0 Å². The zero-order chi connectivity index (χ0) is 19.8. The Morgan fingerprint density at radius 2 is 1.61 bits per heavy atom. The second-order valence-electron chi connectivity index (χ2n) is 6.32. The number of aromatic nitrogens is 1. The van der Waals surface area contributed by atoms with Gasteiger partial charge in [-0.05, 0) is 41.8 Å². The predicted molar refractivity (Wildman–Crippen MR) is 109 cm³/mol. The summed E-state index contributed by atoms with van der Waals surface area (Å²) in [6.07, 6.45) is 3.95. The van der Waals surface area contributed by atoms with Gasteiger partial charge in [0.15, 0.2) is 0 Å². The van der Waals surface area contributed by atoms with Gasteiger partial charge in [-0.2, -0.15) is 0 Å². The average molecular weight is 374 g/mol. The molecule has 142 valence electrons. The van der Waals surface area contributed by atoms with Gasteiger partial charge in [0.25, 0.3) is 5.91 Å². The summed E-state index contributed by atoms with van der Waals surface area (Å²) in [5.41, 5.74) is 9.00. The van der Waals surface area contributed by atoms with Crippen LogP contribution in [0.15, 0.2) is 79.1 Å². The van der Waals surface area contributed by atoms with Crippen molar-refractivity contribution in [3.63, 3.8) is 0 Å². The molecule has 0 aliphatic heterocycles. The number of hydrogen-bond donors (Lipinski definition) is 3. The largest absolute Gasteiger partial charge is 0.354 e. The molecule has 0 fully saturated rings. The fourth-order valence-corrected chi connectivity index (χ4v) is 2.72. The van der Waals surface area contributed by atoms with Gasteiger partial charge in [0.1, 0.15) is 6.04 Å². The molecule has 1 atom stereocenters. The summed E-state index contributed by atoms with van der Waals surface area (Å²) in [6.45, 7) is 0.517. The molecule has 3 rings (SSSR count). The first kappa shape index (κ1) is 19.3. The van der Waals surface area contributed by atoms with Crippen LogP contribution < -0.4 is 16.4 Å². The maximum absolute atomic E-state index is 12.3. The lowest BCUT2D eigenvalue weighted by Gasteiger charge is -2.13. The van der Waals surface area contributed by atoms with E-state index in [1.54, 1.807) is 48.8 Å². The van der Waals surface area contributed by atoms with Crippen molar-refractivity contribution in [2.45, 2.75) is 12.5 Å². The summed E-state index contributed by atoms with van der Waals surface area (Å²) in [5, 5.41) is 5.63. The molecule has 0 radical (unpaired) electrons. The molecule has 0 bridgehead atoms. The van der Waals surface area contributed by atoms with Crippen molar-refractivity contribution in [1.82, 2.24) is 10.3 Å². The molecular formula is C22H22N4O2. The van der Waals surface area contributed by atoms with Crippen LogP contribution in [0.1, 0.15) is 27.5 Å². The van der Waals surface area contributed by atoms with E-state index in [2.05, 4.69) is 15.6 Å². The smallest absolute Gasteiger partial charge is 0.255 e. The first-order chi connectivity index (χ1) is 13.6. The zero-order valence-corrected chi connectivity index (χ0v) is 15.3. The van der Waals surface area contributed by atoms with E-state index in [-0.39, 0.29) is 11.8 Å². The highest BCUT2D eigenvalue weighted by atomic mass is 16.2. The number of nitrogens with zero attached hydrogens (tertiary/aromatic N) is 1. The molecular weight excluding hydrogens is 352 g/mol. The van der Waals surface area contributed by atoms with Crippen molar-refractivity contribution >= 4 is 17.5 Å². The second-order valence-corrected chi connectivity index (χ2v) is 6.32. The molecule has 3 aromatic rings. The predicted octanol–water partition coefficient (Wildman–Crippen LogP) is 2.69. The van der Waals surface area contributed by atoms with E-state index < -0.39 is 6.04 Å². The van der Waals surface area contributed by atoms with Crippen molar-refractivity contribution in [1.29, 1.82) is 0 Å². The van der Waals surface area contributed by atoms with E-state index in [4.69, 9.17) is 5.73 Å². The molecule has 0 saturated heterocycles. The lowest BCUT2D eigenvalue weighted by Crippen LogP contribution is -2.35. The van der Waals surface area contributed by atoms with Crippen molar-refractivity contribution in [2.75, 3.05) is 11.9 Å². The van der Waals surface area contributed by atoms with Gasteiger partial charge in [-0.1, -0.05) is 42.5 Å². The van der Waals surface area contributed by atoms with E-state index in [1.165, 1.54) is 0 Å². The van der Waals surface area contributed by atoms with Gasteiger partial charge >= 0.3 is 0 Å². The van der Waals surface area contributed by atoms with E-state index in [0.717, 1.165) is 12.0 Å². The molecule has 1 aromatic heterocycles. The molecule has 6 heteroatoms. The number of benzene rings is 2. The average Bonchev–Trinajstić information content (AvgIpc) is 2.74. The van der Waals surface area contributed by atoms with E-state index in [0.29, 0.717) is 23.4 Å². The van der Waals surface area contributed by atoms with Crippen LogP contribution in [0, 0.1) is 0 Å². The number of amides is 2. The Hall–Kier alpha value is -3.51. The first-order valence-corrected chi connectivity index (χ1v) is 9.02.